The van der Waals surface area contributed by atoms with E-state index in [1.165, 1.54) is 19.3 Å². The Morgan fingerprint density at radius 2 is 1.90 bits per heavy atom. The highest BCUT2D eigenvalue weighted by atomic mass is 16.5. The van der Waals surface area contributed by atoms with Crippen molar-refractivity contribution in [2.45, 2.75) is 50.3 Å². The maximum absolute atomic E-state index is 10.5. The second kappa shape index (κ2) is 7.48. The number of phenolic OH excluding ortho intramolecular Hbond substituents is 1. The molecule has 5 rings (SSSR count). The van der Waals surface area contributed by atoms with E-state index in [9.17, 15) is 5.11 Å². The third kappa shape index (κ3) is 3.58. The SMILES string of the molecule is CN1C2CCCC1CC(Oc1ccc(-c3ccc(-n4ccnc4)cc3O)nn1)C2. The molecule has 0 radical (unpaired) electrons. The second-order valence-corrected chi connectivity index (χ2v) is 8.04. The number of piperidine rings is 2. The smallest absolute Gasteiger partial charge is 0.233 e. The first-order valence-corrected chi connectivity index (χ1v) is 10.2. The first-order valence-electron chi connectivity index (χ1n) is 10.2. The molecule has 0 aliphatic carbocycles. The van der Waals surface area contributed by atoms with Crippen molar-refractivity contribution in [1.29, 1.82) is 0 Å². The predicted octanol–water partition coefficient (Wildman–Crippen LogP) is 3.43. The summed E-state index contributed by atoms with van der Waals surface area (Å²) >= 11 is 0. The van der Waals surface area contributed by atoms with Crippen LogP contribution in [-0.4, -0.2) is 55.0 Å². The van der Waals surface area contributed by atoms with Crippen LogP contribution >= 0.6 is 0 Å². The van der Waals surface area contributed by atoms with Crippen LogP contribution in [0.15, 0.2) is 49.1 Å². The molecule has 0 saturated carbocycles. The van der Waals surface area contributed by atoms with Crippen LogP contribution < -0.4 is 4.74 Å². The van der Waals surface area contributed by atoms with Gasteiger partial charge in [0.05, 0.1) is 17.7 Å². The fourth-order valence-electron chi connectivity index (χ4n) is 4.67. The van der Waals surface area contributed by atoms with Gasteiger partial charge < -0.3 is 19.3 Å². The number of imidazole rings is 1. The lowest BCUT2D eigenvalue weighted by atomic mass is 9.83. The molecule has 7 nitrogen and oxygen atoms in total. The maximum atomic E-state index is 10.5. The van der Waals surface area contributed by atoms with Crippen LogP contribution in [0.5, 0.6) is 11.6 Å². The molecule has 0 spiro atoms. The summed E-state index contributed by atoms with van der Waals surface area (Å²) in [5.74, 6) is 0.707. The molecular formula is C22H25N5O2. The number of benzene rings is 1. The van der Waals surface area contributed by atoms with Gasteiger partial charge in [-0.1, -0.05) is 6.42 Å². The minimum Gasteiger partial charge on any atom is -0.507 e. The number of nitrogens with zero attached hydrogens (tertiary/aromatic N) is 5. The van der Waals surface area contributed by atoms with Crippen molar-refractivity contribution in [2.24, 2.45) is 0 Å². The molecule has 2 unspecified atom stereocenters. The summed E-state index contributed by atoms with van der Waals surface area (Å²) in [5, 5.41) is 19.0. The van der Waals surface area contributed by atoms with E-state index in [1.807, 2.05) is 35.0 Å². The molecule has 2 saturated heterocycles. The zero-order chi connectivity index (χ0) is 19.8. The van der Waals surface area contributed by atoms with Crippen LogP contribution in [0.1, 0.15) is 32.1 Å². The van der Waals surface area contributed by atoms with Crippen LogP contribution in [0.2, 0.25) is 0 Å². The number of phenols is 1. The van der Waals surface area contributed by atoms with Crippen LogP contribution in [0.4, 0.5) is 0 Å². The summed E-state index contributed by atoms with van der Waals surface area (Å²) in [6.07, 6.45) is 11.4. The van der Waals surface area contributed by atoms with Gasteiger partial charge in [0.2, 0.25) is 5.88 Å². The molecule has 2 aromatic heterocycles. The van der Waals surface area contributed by atoms with E-state index in [1.54, 1.807) is 18.6 Å². The van der Waals surface area contributed by atoms with Crippen molar-refractivity contribution in [1.82, 2.24) is 24.6 Å². The zero-order valence-corrected chi connectivity index (χ0v) is 16.5. The topological polar surface area (TPSA) is 76.3 Å². The Morgan fingerprint density at radius 1 is 1.07 bits per heavy atom. The third-order valence-electron chi connectivity index (χ3n) is 6.28. The minimum atomic E-state index is 0.155. The summed E-state index contributed by atoms with van der Waals surface area (Å²) < 4.78 is 7.99. The monoisotopic (exact) mass is 391 g/mol. The van der Waals surface area contributed by atoms with E-state index in [4.69, 9.17) is 4.74 Å². The van der Waals surface area contributed by atoms with Crippen molar-refractivity contribution >= 4 is 0 Å². The molecule has 150 valence electrons. The van der Waals surface area contributed by atoms with Gasteiger partial charge in [-0.25, -0.2) is 4.98 Å². The Hall–Kier alpha value is -2.93. The second-order valence-electron chi connectivity index (χ2n) is 8.04. The summed E-state index contributed by atoms with van der Waals surface area (Å²) in [4.78, 5) is 6.55. The summed E-state index contributed by atoms with van der Waals surface area (Å²) in [7, 11) is 2.24. The molecule has 2 fully saturated rings. The van der Waals surface area contributed by atoms with Gasteiger partial charge in [-0.2, -0.15) is 0 Å². The number of rotatable bonds is 4. The number of aromatic hydroxyl groups is 1. The molecule has 3 aromatic rings. The Balaban J connectivity index is 1.29. The normalized spacial score (nSPS) is 24.4. The quantitative estimate of drug-likeness (QED) is 0.734. The van der Waals surface area contributed by atoms with Gasteiger partial charge in [0, 0.05) is 42.2 Å². The summed E-state index contributed by atoms with van der Waals surface area (Å²) in [6.45, 7) is 0. The van der Waals surface area contributed by atoms with E-state index in [2.05, 4.69) is 27.1 Å². The third-order valence-corrected chi connectivity index (χ3v) is 6.28. The summed E-state index contributed by atoms with van der Waals surface area (Å²) in [5.41, 5.74) is 2.10. The van der Waals surface area contributed by atoms with Crippen LogP contribution in [0.3, 0.4) is 0 Å². The van der Waals surface area contributed by atoms with Crippen molar-refractivity contribution in [3.05, 3.63) is 49.1 Å². The number of aromatic nitrogens is 4. The van der Waals surface area contributed by atoms with Crippen LogP contribution in [0.25, 0.3) is 16.9 Å². The Morgan fingerprint density at radius 3 is 2.55 bits per heavy atom. The van der Waals surface area contributed by atoms with Gasteiger partial charge in [0.15, 0.2) is 0 Å². The van der Waals surface area contributed by atoms with Gasteiger partial charge in [0.25, 0.3) is 0 Å². The number of fused-ring (bicyclic) bond motifs is 2. The standard InChI is InChI=1S/C22H25N5O2/c1-26-15-3-2-4-16(26)12-18(11-15)29-22-8-7-20(24-25-22)19-6-5-17(13-21(19)28)27-10-9-23-14-27/h5-10,13-16,18,28H,2-4,11-12H2,1H3. The van der Waals surface area contributed by atoms with Gasteiger partial charge in [-0.15, -0.1) is 10.2 Å². The number of ether oxygens (including phenoxy) is 1. The van der Waals surface area contributed by atoms with Crippen LogP contribution in [-0.2, 0) is 0 Å². The van der Waals surface area contributed by atoms with Crippen LogP contribution in [0, 0.1) is 0 Å². The van der Waals surface area contributed by atoms with E-state index in [0.29, 0.717) is 29.2 Å². The van der Waals surface area contributed by atoms with Gasteiger partial charge in [-0.05, 0) is 50.9 Å². The largest absolute Gasteiger partial charge is 0.507 e. The molecule has 29 heavy (non-hydrogen) atoms. The molecule has 2 aliphatic rings. The summed E-state index contributed by atoms with van der Waals surface area (Å²) in [6, 6.07) is 10.4. The van der Waals surface area contributed by atoms with Gasteiger partial charge >= 0.3 is 0 Å². The molecule has 2 bridgehead atoms. The maximum Gasteiger partial charge on any atom is 0.233 e. The van der Waals surface area contributed by atoms with E-state index in [0.717, 1.165) is 18.5 Å². The number of hydrogen-bond donors (Lipinski definition) is 1. The highest BCUT2D eigenvalue weighted by molar-refractivity contribution is 5.68. The highest BCUT2D eigenvalue weighted by Gasteiger charge is 2.37. The van der Waals surface area contributed by atoms with Crippen molar-refractivity contribution < 1.29 is 9.84 Å². The number of hydrogen-bond acceptors (Lipinski definition) is 6. The first kappa shape index (κ1) is 18.1. The van der Waals surface area contributed by atoms with Gasteiger partial charge in [0.1, 0.15) is 11.9 Å². The van der Waals surface area contributed by atoms with Crippen molar-refractivity contribution in [2.75, 3.05) is 7.05 Å². The Labute approximate surface area is 170 Å². The molecule has 2 atom stereocenters. The van der Waals surface area contributed by atoms with Crippen molar-refractivity contribution in [3.8, 4) is 28.6 Å². The van der Waals surface area contributed by atoms with E-state index in [-0.39, 0.29) is 11.9 Å². The fraction of sp³-hybridized carbons (Fsp3) is 0.409. The molecule has 1 N–H and O–H groups in total. The Bertz CT molecular complexity index is 959. The molecule has 1 aromatic carbocycles. The van der Waals surface area contributed by atoms with E-state index >= 15 is 0 Å². The molecule has 2 aliphatic heterocycles. The molecule has 7 heteroatoms. The first-order chi connectivity index (χ1) is 14.2. The highest BCUT2D eigenvalue weighted by Crippen LogP contribution is 2.34. The minimum absolute atomic E-state index is 0.155. The lowest BCUT2D eigenvalue weighted by Gasteiger charge is -2.46. The van der Waals surface area contributed by atoms with E-state index < -0.39 is 0 Å². The average Bonchev–Trinajstić information content (AvgIpc) is 3.24. The molecule has 0 amide bonds. The zero-order valence-electron chi connectivity index (χ0n) is 16.5. The fourth-order valence-corrected chi connectivity index (χ4v) is 4.67. The predicted molar refractivity (Wildman–Crippen MR) is 109 cm³/mol. The van der Waals surface area contributed by atoms with Gasteiger partial charge in [-0.3, -0.25) is 0 Å². The molecule has 4 heterocycles. The lowest BCUT2D eigenvalue weighted by Crippen LogP contribution is -2.52. The van der Waals surface area contributed by atoms with Crippen molar-refractivity contribution in [3.63, 3.8) is 0 Å². The lowest BCUT2D eigenvalue weighted by molar-refractivity contribution is -0.00174. The average molecular weight is 391 g/mol. The Kier molecular flexibility index (Phi) is 4.67. The molecular weight excluding hydrogens is 366 g/mol.